The van der Waals surface area contributed by atoms with Gasteiger partial charge in [-0.2, -0.15) is 0 Å². The zero-order valence-corrected chi connectivity index (χ0v) is 17.1. The highest BCUT2D eigenvalue weighted by Crippen LogP contribution is 2.30. The van der Waals surface area contributed by atoms with E-state index in [1.165, 1.54) is 11.3 Å². The molecule has 6 heteroatoms. The van der Waals surface area contributed by atoms with E-state index < -0.39 is 0 Å². The molecule has 0 saturated carbocycles. The average Bonchev–Trinajstić information content (AvgIpc) is 3.03. The molecule has 1 aromatic carbocycles. The number of piperazine rings is 1. The Morgan fingerprint density at radius 2 is 1.73 bits per heavy atom. The maximum Gasteiger partial charge on any atom is 0.265 e. The Bertz CT molecular complexity index is 759. The lowest BCUT2D eigenvalue weighted by Crippen LogP contribution is -2.50. The molecular formula is C20H28N4OS. The van der Waals surface area contributed by atoms with Gasteiger partial charge in [-0.15, -0.1) is 11.3 Å². The van der Waals surface area contributed by atoms with Crippen molar-refractivity contribution in [1.29, 1.82) is 0 Å². The van der Waals surface area contributed by atoms with Gasteiger partial charge < -0.3 is 9.80 Å². The molecule has 0 spiro atoms. The van der Waals surface area contributed by atoms with Crippen molar-refractivity contribution in [3.8, 4) is 10.6 Å². The van der Waals surface area contributed by atoms with Crippen molar-refractivity contribution in [1.82, 2.24) is 14.8 Å². The van der Waals surface area contributed by atoms with Crippen molar-refractivity contribution >= 4 is 22.9 Å². The molecule has 1 saturated heterocycles. The minimum Gasteiger partial charge on any atom is -0.378 e. The number of hydrogen-bond donors (Lipinski definition) is 0. The van der Waals surface area contributed by atoms with Crippen LogP contribution in [0.4, 0.5) is 5.69 Å². The molecule has 0 unspecified atom stereocenters. The average molecular weight is 373 g/mol. The number of anilines is 1. The van der Waals surface area contributed by atoms with E-state index in [9.17, 15) is 4.79 Å². The second-order valence-corrected chi connectivity index (χ2v) is 8.30. The van der Waals surface area contributed by atoms with E-state index in [1.54, 1.807) is 0 Å². The van der Waals surface area contributed by atoms with Crippen LogP contribution in [0.5, 0.6) is 0 Å². The second kappa shape index (κ2) is 7.76. The molecule has 3 rings (SSSR count). The lowest BCUT2D eigenvalue weighted by Gasteiger charge is -2.36. The summed E-state index contributed by atoms with van der Waals surface area (Å²) in [6, 6.07) is 8.85. The highest BCUT2D eigenvalue weighted by molar-refractivity contribution is 7.17. The van der Waals surface area contributed by atoms with Crippen molar-refractivity contribution in [2.75, 3.05) is 45.2 Å². The first-order valence-corrected chi connectivity index (χ1v) is 9.97. The van der Waals surface area contributed by atoms with E-state index in [2.05, 4.69) is 52.9 Å². The Morgan fingerprint density at radius 3 is 2.27 bits per heavy atom. The quantitative estimate of drug-likeness (QED) is 0.825. The first kappa shape index (κ1) is 18.9. The van der Waals surface area contributed by atoms with E-state index in [0.29, 0.717) is 6.04 Å². The first-order valence-electron chi connectivity index (χ1n) is 9.15. The van der Waals surface area contributed by atoms with Gasteiger partial charge >= 0.3 is 0 Å². The summed E-state index contributed by atoms with van der Waals surface area (Å²) >= 11 is 1.51. The molecule has 0 aliphatic carbocycles. The molecule has 5 nitrogen and oxygen atoms in total. The van der Waals surface area contributed by atoms with Crippen LogP contribution in [-0.2, 0) is 0 Å². The molecule has 140 valence electrons. The molecule has 2 aromatic rings. The molecule has 0 atom stereocenters. The maximum atomic E-state index is 13.0. The summed E-state index contributed by atoms with van der Waals surface area (Å²) < 4.78 is 0. The van der Waals surface area contributed by atoms with Gasteiger partial charge in [-0.1, -0.05) is 0 Å². The smallest absolute Gasteiger partial charge is 0.265 e. The van der Waals surface area contributed by atoms with Crippen LogP contribution in [0.3, 0.4) is 0 Å². The number of carbonyl (C=O) groups is 1. The number of rotatable bonds is 4. The lowest BCUT2D eigenvalue weighted by atomic mass is 10.2. The Kier molecular flexibility index (Phi) is 5.63. The van der Waals surface area contributed by atoms with Crippen LogP contribution in [0.2, 0.25) is 0 Å². The second-order valence-electron chi connectivity index (χ2n) is 7.30. The summed E-state index contributed by atoms with van der Waals surface area (Å²) in [5, 5.41) is 0.914. The normalized spacial score (nSPS) is 15.5. The number of thiazole rings is 1. The van der Waals surface area contributed by atoms with Crippen LogP contribution in [-0.4, -0.2) is 67.0 Å². The summed E-state index contributed by atoms with van der Waals surface area (Å²) in [5.74, 6) is 0.125. The monoisotopic (exact) mass is 372 g/mol. The Balaban J connectivity index is 1.74. The molecule has 1 aromatic heterocycles. The highest BCUT2D eigenvalue weighted by atomic mass is 32.1. The van der Waals surface area contributed by atoms with E-state index in [-0.39, 0.29) is 5.91 Å². The van der Waals surface area contributed by atoms with Crippen molar-refractivity contribution in [2.45, 2.75) is 26.8 Å². The van der Waals surface area contributed by atoms with Gasteiger partial charge in [0, 0.05) is 57.6 Å². The Morgan fingerprint density at radius 1 is 1.12 bits per heavy atom. The molecule has 2 heterocycles. The van der Waals surface area contributed by atoms with Crippen molar-refractivity contribution < 1.29 is 4.79 Å². The SMILES string of the molecule is Cc1nc(-c2ccc(N(C)C)cc2)sc1C(=O)N1CCN(C(C)C)CC1. The molecule has 0 bridgehead atoms. The molecule has 1 aliphatic heterocycles. The summed E-state index contributed by atoms with van der Waals surface area (Å²) in [6.07, 6.45) is 0. The number of hydrogen-bond acceptors (Lipinski definition) is 5. The van der Waals surface area contributed by atoms with Gasteiger partial charge in [0.05, 0.1) is 5.69 Å². The first-order chi connectivity index (χ1) is 12.4. The van der Waals surface area contributed by atoms with Crippen LogP contribution in [0.25, 0.3) is 10.6 Å². The summed E-state index contributed by atoms with van der Waals surface area (Å²) in [6.45, 7) is 9.83. The minimum atomic E-state index is 0.125. The predicted molar refractivity (Wildman–Crippen MR) is 109 cm³/mol. The molecule has 1 fully saturated rings. The fraction of sp³-hybridized carbons (Fsp3) is 0.500. The van der Waals surface area contributed by atoms with Crippen LogP contribution in [0.15, 0.2) is 24.3 Å². The number of carbonyl (C=O) groups excluding carboxylic acids is 1. The predicted octanol–water partition coefficient (Wildman–Crippen LogP) is 3.35. The zero-order chi connectivity index (χ0) is 18.8. The summed E-state index contributed by atoms with van der Waals surface area (Å²) in [5.41, 5.74) is 3.05. The van der Waals surface area contributed by atoms with Gasteiger partial charge in [-0.05, 0) is 45.0 Å². The third-order valence-electron chi connectivity index (χ3n) is 4.95. The van der Waals surface area contributed by atoms with Gasteiger partial charge in [0.2, 0.25) is 0 Å². The molecule has 1 amide bonds. The number of amides is 1. The lowest BCUT2D eigenvalue weighted by molar-refractivity contribution is 0.0599. The number of aryl methyl sites for hydroxylation is 1. The topological polar surface area (TPSA) is 39.7 Å². The third-order valence-corrected chi connectivity index (χ3v) is 6.15. The van der Waals surface area contributed by atoms with Gasteiger partial charge in [-0.3, -0.25) is 9.69 Å². The van der Waals surface area contributed by atoms with Crippen LogP contribution in [0.1, 0.15) is 29.2 Å². The van der Waals surface area contributed by atoms with E-state index in [1.807, 2.05) is 25.9 Å². The third kappa shape index (κ3) is 3.91. The largest absolute Gasteiger partial charge is 0.378 e. The molecule has 1 aliphatic rings. The molecule has 0 radical (unpaired) electrons. The number of nitrogens with zero attached hydrogens (tertiary/aromatic N) is 4. The van der Waals surface area contributed by atoms with Gasteiger partial charge in [0.15, 0.2) is 0 Å². The molecule has 26 heavy (non-hydrogen) atoms. The number of benzene rings is 1. The van der Waals surface area contributed by atoms with Crippen LogP contribution < -0.4 is 4.90 Å². The van der Waals surface area contributed by atoms with E-state index in [4.69, 9.17) is 0 Å². The fourth-order valence-electron chi connectivity index (χ4n) is 3.21. The fourth-order valence-corrected chi connectivity index (χ4v) is 4.25. The molecule has 0 N–H and O–H groups in total. The minimum absolute atomic E-state index is 0.125. The molecular weight excluding hydrogens is 344 g/mol. The van der Waals surface area contributed by atoms with Crippen molar-refractivity contribution in [3.63, 3.8) is 0 Å². The van der Waals surface area contributed by atoms with Crippen molar-refractivity contribution in [2.24, 2.45) is 0 Å². The van der Waals surface area contributed by atoms with Gasteiger partial charge in [0.1, 0.15) is 9.88 Å². The van der Waals surface area contributed by atoms with Gasteiger partial charge in [0.25, 0.3) is 5.91 Å². The highest BCUT2D eigenvalue weighted by Gasteiger charge is 2.26. The van der Waals surface area contributed by atoms with Crippen LogP contribution >= 0.6 is 11.3 Å². The summed E-state index contributed by atoms with van der Waals surface area (Å²) in [4.78, 5) is 24.9. The van der Waals surface area contributed by atoms with E-state index in [0.717, 1.165) is 53.0 Å². The standard InChI is InChI=1S/C20H28N4OS/c1-14(2)23-10-12-24(13-11-23)20(25)18-15(3)21-19(26-18)16-6-8-17(9-7-16)22(4)5/h6-9,14H,10-13H2,1-5H3. The summed E-state index contributed by atoms with van der Waals surface area (Å²) in [7, 11) is 4.05. The Labute approximate surface area is 160 Å². The maximum absolute atomic E-state index is 13.0. The van der Waals surface area contributed by atoms with Crippen molar-refractivity contribution in [3.05, 3.63) is 34.8 Å². The zero-order valence-electron chi connectivity index (χ0n) is 16.3. The van der Waals surface area contributed by atoms with Gasteiger partial charge in [-0.25, -0.2) is 4.98 Å². The van der Waals surface area contributed by atoms with Crippen LogP contribution in [0, 0.1) is 6.92 Å². The van der Waals surface area contributed by atoms with E-state index >= 15 is 0 Å². The Hall–Kier alpha value is -1.92. The number of aromatic nitrogens is 1.